The highest BCUT2D eigenvalue weighted by Crippen LogP contribution is 2.28. The number of amides is 3. The van der Waals surface area contributed by atoms with Crippen molar-refractivity contribution in [2.75, 3.05) is 19.6 Å². The molecule has 0 aromatic carbocycles. The van der Waals surface area contributed by atoms with Crippen LogP contribution in [0.5, 0.6) is 0 Å². The van der Waals surface area contributed by atoms with Gasteiger partial charge in [0.05, 0.1) is 6.26 Å². The second-order valence-corrected chi connectivity index (χ2v) is 4.34. The first-order valence-corrected chi connectivity index (χ1v) is 5.98. The third-order valence-electron chi connectivity index (χ3n) is 3.05. The average Bonchev–Trinajstić information content (AvgIpc) is 2.93. The lowest BCUT2D eigenvalue weighted by Gasteiger charge is -2.19. The predicted molar refractivity (Wildman–Crippen MR) is 64.8 cm³/mol. The maximum atomic E-state index is 12.3. The molecule has 6 nitrogen and oxygen atoms in total. The van der Waals surface area contributed by atoms with Crippen molar-refractivity contribution >= 4 is 11.9 Å². The molecule has 2 N–H and O–H groups in total. The first kappa shape index (κ1) is 12.6. The Morgan fingerprint density at radius 1 is 1.50 bits per heavy atom. The molecule has 0 bridgehead atoms. The van der Waals surface area contributed by atoms with Crippen LogP contribution in [0.25, 0.3) is 0 Å². The highest BCUT2D eigenvalue weighted by atomic mass is 16.3. The van der Waals surface area contributed by atoms with Crippen LogP contribution < -0.4 is 10.6 Å². The van der Waals surface area contributed by atoms with Gasteiger partial charge in [0, 0.05) is 13.1 Å². The fourth-order valence-corrected chi connectivity index (χ4v) is 2.00. The van der Waals surface area contributed by atoms with Crippen molar-refractivity contribution in [1.29, 1.82) is 0 Å². The molecule has 0 radical (unpaired) electrons. The predicted octanol–water partition coefficient (Wildman–Crippen LogP) is 0.656. The molecule has 2 rings (SSSR count). The van der Waals surface area contributed by atoms with Crippen LogP contribution in [0.3, 0.4) is 0 Å². The fraction of sp³-hybridized carbons (Fsp3) is 0.500. The number of nitrogens with zero attached hydrogens (tertiary/aromatic N) is 1. The summed E-state index contributed by atoms with van der Waals surface area (Å²) < 4.78 is 5.24. The lowest BCUT2D eigenvalue weighted by atomic mass is 9.99. The lowest BCUT2D eigenvalue weighted by Crippen LogP contribution is -2.41. The number of carbonyl (C=O) groups excluding carboxylic acids is 2. The summed E-state index contributed by atoms with van der Waals surface area (Å²) in [6, 6.07) is 3.00. The van der Waals surface area contributed by atoms with Crippen molar-refractivity contribution in [2.45, 2.75) is 19.4 Å². The van der Waals surface area contributed by atoms with Crippen molar-refractivity contribution in [3.8, 4) is 0 Å². The number of likely N-dealkylation sites (N-methyl/N-ethyl adjacent to an activating group) is 1. The molecule has 6 heteroatoms. The van der Waals surface area contributed by atoms with Crippen LogP contribution in [0, 0.1) is 0 Å². The third-order valence-corrected chi connectivity index (χ3v) is 3.05. The summed E-state index contributed by atoms with van der Waals surface area (Å²) in [5, 5.41) is 5.76. The minimum Gasteiger partial charge on any atom is -0.466 e. The van der Waals surface area contributed by atoms with Crippen molar-refractivity contribution in [3.05, 3.63) is 24.2 Å². The number of urea groups is 1. The van der Waals surface area contributed by atoms with E-state index in [9.17, 15) is 9.59 Å². The Morgan fingerprint density at radius 3 is 2.89 bits per heavy atom. The molecule has 2 heterocycles. The van der Waals surface area contributed by atoms with E-state index in [1.807, 2.05) is 6.92 Å². The first-order valence-electron chi connectivity index (χ1n) is 5.98. The lowest BCUT2D eigenvalue weighted by molar-refractivity contribution is -0.131. The van der Waals surface area contributed by atoms with Crippen LogP contribution in [0.4, 0.5) is 4.79 Å². The quantitative estimate of drug-likeness (QED) is 0.595. The maximum absolute atomic E-state index is 12.3. The molecule has 98 valence electrons. The Balaban J connectivity index is 2.13. The van der Waals surface area contributed by atoms with Crippen LogP contribution in [0.2, 0.25) is 0 Å². The molecule has 18 heavy (non-hydrogen) atoms. The Kier molecular flexibility index (Phi) is 3.38. The molecule has 1 aliphatic heterocycles. The Labute approximate surface area is 105 Å². The summed E-state index contributed by atoms with van der Waals surface area (Å²) in [7, 11) is 0. The Bertz CT molecular complexity index is 443. The van der Waals surface area contributed by atoms with Crippen molar-refractivity contribution < 1.29 is 14.0 Å². The van der Waals surface area contributed by atoms with Crippen LogP contribution in [-0.4, -0.2) is 36.5 Å². The van der Waals surface area contributed by atoms with Crippen LogP contribution in [-0.2, 0) is 10.3 Å². The highest BCUT2D eigenvalue weighted by Gasteiger charge is 2.50. The molecule has 0 aliphatic carbocycles. The number of imide groups is 1. The highest BCUT2D eigenvalue weighted by molar-refractivity contribution is 6.06. The second kappa shape index (κ2) is 4.81. The van der Waals surface area contributed by atoms with Crippen LogP contribution in [0.1, 0.15) is 19.6 Å². The van der Waals surface area contributed by atoms with Gasteiger partial charge in [-0.1, -0.05) is 6.92 Å². The molecule has 1 atom stereocenters. The maximum Gasteiger partial charge on any atom is 0.325 e. The summed E-state index contributed by atoms with van der Waals surface area (Å²) in [6.45, 7) is 5.37. The largest absolute Gasteiger partial charge is 0.466 e. The number of hydrogen-bond donors (Lipinski definition) is 2. The zero-order chi connectivity index (χ0) is 13.2. The van der Waals surface area contributed by atoms with Crippen LogP contribution in [0.15, 0.2) is 22.8 Å². The molecule has 1 aliphatic rings. The van der Waals surface area contributed by atoms with E-state index in [0.717, 1.165) is 6.54 Å². The normalized spacial score (nSPS) is 23.6. The molecule has 1 fully saturated rings. The summed E-state index contributed by atoms with van der Waals surface area (Å²) in [5.74, 6) is 0.173. The summed E-state index contributed by atoms with van der Waals surface area (Å²) >= 11 is 0. The molecule has 0 saturated carbocycles. The van der Waals surface area contributed by atoms with E-state index in [0.29, 0.717) is 18.8 Å². The van der Waals surface area contributed by atoms with Gasteiger partial charge in [-0.15, -0.1) is 0 Å². The SMILES string of the molecule is CCNCCN1C(=O)NC(C)(c2ccco2)C1=O. The van der Waals surface area contributed by atoms with E-state index in [1.165, 1.54) is 11.2 Å². The van der Waals surface area contributed by atoms with Crippen LogP contribution >= 0.6 is 0 Å². The number of carbonyl (C=O) groups is 2. The fourth-order valence-electron chi connectivity index (χ4n) is 2.00. The van der Waals surface area contributed by atoms with Gasteiger partial charge in [0.25, 0.3) is 5.91 Å². The minimum atomic E-state index is -1.09. The van der Waals surface area contributed by atoms with Crippen molar-refractivity contribution in [3.63, 3.8) is 0 Å². The summed E-state index contributed by atoms with van der Waals surface area (Å²) in [4.78, 5) is 25.3. The van der Waals surface area contributed by atoms with Gasteiger partial charge in [-0.2, -0.15) is 0 Å². The number of rotatable bonds is 5. The van der Waals surface area contributed by atoms with E-state index in [4.69, 9.17) is 4.42 Å². The Hall–Kier alpha value is -1.82. The molecule has 1 aromatic rings. The standard InChI is InChI=1S/C12H17N3O3/c1-3-13-6-7-15-10(16)12(2,14-11(15)17)9-5-4-8-18-9/h4-5,8,13H,3,6-7H2,1-2H3,(H,14,17). The second-order valence-electron chi connectivity index (χ2n) is 4.34. The van der Waals surface area contributed by atoms with E-state index in [-0.39, 0.29) is 11.9 Å². The zero-order valence-electron chi connectivity index (χ0n) is 10.5. The van der Waals surface area contributed by atoms with Gasteiger partial charge < -0.3 is 15.1 Å². The number of furan rings is 1. The van der Waals surface area contributed by atoms with Gasteiger partial charge in [0.1, 0.15) is 5.76 Å². The van der Waals surface area contributed by atoms with E-state index in [2.05, 4.69) is 10.6 Å². The average molecular weight is 251 g/mol. The molecule has 0 spiro atoms. The number of nitrogens with one attached hydrogen (secondary N) is 2. The number of hydrogen-bond acceptors (Lipinski definition) is 4. The minimum absolute atomic E-state index is 0.277. The van der Waals surface area contributed by atoms with Gasteiger partial charge in [0.2, 0.25) is 0 Å². The van der Waals surface area contributed by atoms with E-state index in [1.54, 1.807) is 19.1 Å². The molecule has 1 aromatic heterocycles. The molecule has 1 saturated heterocycles. The topological polar surface area (TPSA) is 74.6 Å². The molecular formula is C12H17N3O3. The van der Waals surface area contributed by atoms with E-state index >= 15 is 0 Å². The van der Waals surface area contributed by atoms with Crippen molar-refractivity contribution in [2.24, 2.45) is 0 Å². The smallest absolute Gasteiger partial charge is 0.325 e. The molecule has 1 unspecified atom stereocenters. The summed E-state index contributed by atoms with van der Waals surface area (Å²) in [5.41, 5.74) is -1.09. The van der Waals surface area contributed by atoms with Gasteiger partial charge in [-0.25, -0.2) is 4.79 Å². The third kappa shape index (κ3) is 1.99. The van der Waals surface area contributed by atoms with Gasteiger partial charge in [0.15, 0.2) is 5.54 Å². The monoisotopic (exact) mass is 251 g/mol. The van der Waals surface area contributed by atoms with Crippen molar-refractivity contribution in [1.82, 2.24) is 15.5 Å². The van der Waals surface area contributed by atoms with Gasteiger partial charge in [-0.3, -0.25) is 9.69 Å². The van der Waals surface area contributed by atoms with Gasteiger partial charge in [-0.05, 0) is 25.6 Å². The zero-order valence-corrected chi connectivity index (χ0v) is 10.5. The molecule has 3 amide bonds. The van der Waals surface area contributed by atoms with E-state index < -0.39 is 5.54 Å². The van der Waals surface area contributed by atoms with Gasteiger partial charge >= 0.3 is 6.03 Å². The summed E-state index contributed by atoms with van der Waals surface area (Å²) in [6.07, 6.45) is 1.49. The Morgan fingerprint density at radius 2 is 2.28 bits per heavy atom. The first-order chi connectivity index (χ1) is 8.59. The molecular weight excluding hydrogens is 234 g/mol.